The van der Waals surface area contributed by atoms with Crippen LogP contribution in [-0.2, 0) is 28.7 Å². The summed E-state index contributed by atoms with van der Waals surface area (Å²) in [7, 11) is 0. The van der Waals surface area contributed by atoms with Gasteiger partial charge < -0.3 is 14.6 Å². The number of ether oxygens (including phenoxy) is 2. The summed E-state index contributed by atoms with van der Waals surface area (Å²) in [5, 5.41) is 10.2. The van der Waals surface area contributed by atoms with Crippen molar-refractivity contribution in [3.05, 3.63) is 0 Å². The van der Waals surface area contributed by atoms with Gasteiger partial charge in [0.15, 0.2) is 5.60 Å². The van der Waals surface area contributed by atoms with Gasteiger partial charge in [-0.3, -0.25) is 24.1 Å². The van der Waals surface area contributed by atoms with Crippen molar-refractivity contribution in [1.29, 1.82) is 0 Å². The summed E-state index contributed by atoms with van der Waals surface area (Å²) >= 11 is 0. The Labute approximate surface area is 288 Å². The van der Waals surface area contributed by atoms with Gasteiger partial charge in [-0.1, -0.05) is 76.2 Å². The zero-order valence-electron chi connectivity index (χ0n) is 32.8. The van der Waals surface area contributed by atoms with Gasteiger partial charge in [0.25, 0.3) is 0 Å². The third-order valence-electron chi connectivity index (χ3n) is 9.73. The smallest absolute Gasteiger partial charge is 0.417 e. The average molecular weight is 694 g/mol. The quantitative estimate of drug-likeness (QED) is 0.171. The van der Waals surface area contributed by atoms with Crippen molar-refractivity contribution in [2.75, 3.05) is 0 Å². The Bertz CT molecular complexity index is 1130. The van der Waals surface area contributed by atoms with Crippen molar-refractivity contribution >= 4 is 23.8 Å². The first kappa shape index (κ1) is 45.8. The second kappa shape index (κ2) is 15.8. The number of aliphatic hydroxyl groups is 1. The number of amides is 2. The van der Waals surface area contributed by atoms with Crippen LogP contribution in [0.15, 0.2) is 0 Å². The third kappa shape index (κ3) is 12.0. The van der Waals surface area contributed by atoms with Crippen LogP contribution < -0.4 is 0 Å². The van der Waals surface area contributed by atoms with E-state index in [2.05, 4.69) is 0 Å². The minimum absolute atomic E-state index is 0.0710. The van der Waals surface area contributed by atoms with Crippen molar-refractivity contribution in [2.24, 2.45) is 33.5 Å². The lowest BCUT2D eigenvalue weighted by atomic mass is 9.67. The highest BCUT2D eigenvalue weighted by Gasteiger charge is 2.53. The maximum absolute atomic E-state index is 14.6. The number of hydrogen-bond acceptors (Lipinski definition) is 7. The largest absolute Gasteiger partial charge is 0.462 e. The zero-order valence-corrected chi connectivity index (χ0v) is 32.8. The summed E-state index contributed by atoms with van der Waals surface area (Å²) in [4.78, 5) is 56.9. The number of alkyl halides is 3. The molecule has 282 valence electrons. The average Bonchev–Trinajstić information content (AvgIpc) is 2.85. The number of nitrogens with zero attached hydrogens (tertiary/aromatic N) is 1. The molecule has 0 aliphatic carbocycles. The molecule has 0 aromatic carbocycles. The summed E-state index contributed by atoms with van der Waals surface area (Å²) in [6.45, 7) is 28.7. The molecule has 0 heterocycles. The maximum Gasteiger partial charge on any atom is 0.417 e. The third-order valence-corrected chi connectivity index (χ3v) is 9.73. The number of halogens is 3. The minimum atomic E-state index is -4.94. The molecule has 11 heteroatoms. The van der Waals surface area contributed by atoms with E-state index in [1.165, 1.54) is 4.90 Å². The lowest BCUT2D eigenvalue weighted by molar-refractivity contribution is -0.262. The summed E-state index contributed by atoms with van der Waals surface area (Å²) in [5.41, 5.74) is -8.16. The van der Waals surface area contributed by atoms with Gasteiger partial charge in [-0.25, -0.2) is 0 Å². The van der Waals surface area contributed by atoms with Crippen LogP contribution in [0.2, 0.25) is 0 Å². The molecule has 1 N–H and O–H groups in total. The molecule has 2 amide bonds. The molecule has 0 spiro atoms. The van der Waals surface area contributed by atoms with Gasteiger partial charge in [-0.2, -0.15) is 13.2 Å². The molecule has 5 atom stereocenters. The van der Waals surface area contributed by atoms with E-state index in [-0.39, 0.29) is 31.6 Å². The maximum atomic E-state index is 14.6. The molecule has 0 saturated carbocycles. The second-order valence-corrected chi connectivity index (χ2v) is 17.9. The predicted molar refractivity (Wildman–Crippen MR) is 182 cm³/mol. The molecule has 0 bridgehead atoms. The van der Waals surface area contributed by atoms with Crippen LogP contribution in [0.25, 0.3) is 0 Å². The molecular formula is C37H66F3NO7. The topological polar surface area (TPSA) is 110 Å². The van der Waals surface area contributed by atoms with Gasteiger partial charge in [-0.15, -0.1) is 0 Å². The summed E-state index contributed by atoms with van der Waals surface area (Å²) < 4.78 is 52.6. The Morgan fingerprint density at radius 3 is 1.58 bits per heavy atom. The summed E-state index contributed by atoms with van der Waals surface area (Å²) in [6, 6.07) is -0.550. The highest BCUT2D eigenvalue weighted by molar-refractivity contribution is 6.00. The van der Waals surface area contributed by atoms with E-state index in [1.807, 2.05) is 20.8 Å². The number of esters is 2. The van der Waals surface area contributed by atoms with Gasteiger partial charge >= 0.3 is 18.1 Å². The lowest BCUT2D eigenvalue weighted by Crippen LogP contribution is -2.55. The first-order valence-electron chi connectivity index (χ1n) is 17.2. The zero-order chi connectivity index (χ0) is 38.6. The number of carbonyl (C=O) groups excluding carboxylic acids is 4. The highest BCUT2D eigenvalue weighted by Crippen LogP contribution is 2.45. The molecule has 0 aliphatic heterocycles. The molecule has 0 radical (unpaired) electrons. The van der Waals surface area contributed by atoms with Gasteiger partial charge in [0.1, 0.15) is 11.7 Å². The normalized spacial score (nSPS) is 18.3. The van der Waals surface area contributed by atoms with Crippen molar-refractivity contribution in [3.8, 4) is 0 Å². The fourth-order valence-corrected chi connectivity index (χ4v) is 5.47. The monoisotopic (exact) mass is 693 g/mol. The van der Waals surface area contributed by atoms with E-state index < -0.39 is 87.3 Å². The van der Waals surface area contributed by atoms with Crippen LogP contribution in [0.5, 0.6) is 0 Å². The van der Waals surface area contributed by atoms with Crippen LogP contribution in [0.4, 0.5) is 13.2 Å². The van der Waals surface area contributed by atoms with Crippen molar-refractivity contribution in [1.82, 2.24) is 4.90 Å². The van der Waals surface area contributed by atoms with E-state index in [4.69, 9.17) is 9.47 Å². The Hall–Kier alpha value is -2.17. The number of carbonyl (C=O) groups is 4. The fourth-order valence-electron chi connectivity index (χ4n) is 5.47. The van der Waals surface area contributed by atoms with Gasteiger partial charge in [0, 0.05) is 28.7 Å². The van der Waals surface area contributed by atoms with E-state index in [0.717, 1.165) is 0 Å². The molecule has 8 nitrogen and oxygen atoms in total. The fraction of sp³-hybridized carbons (Fsp3) is 0.892. The molecule has 0 rings (SSSR count). The molecular weight excluding hydrogens is 627 g/mol. The van der Waals surface area contributed by atoms with Gasteiger partial charge in [0.2, 0.25) is 11.8 Å². The number of hydrogen-bond donors (Lipinski definition) is 1. The first-order chi connectivity index (χ1) is 21.1. The predicted octanol–water partition coefficient (Wildman–Crippen LogP) is 8.66. The van der Waals surface area contributed by atoms with E-state index in [1.54, 1.807) is 90.0 Å². The summed E-state index contributed by atoms with van der Waals surface area (Å²) in [6.07, 6.45) is -7.09. The summed E-state index contributed by atoms with van der Waals surface area (Å²) in [5.74, 6) is -3.34. The molecule has 5 unspecified atom stereocenters. The second-order valence-electron chi connectivity index (χ2n) is 17.9. The number of imide groups is 1. The van der Waals surface area contributed by atoms with Crippen molar-refractivity contribution < 1.29 is 46.9 Å². The number of rotatable bonds is 15. The molecule has 0 saturated heterocycles. The van der Waals surface area contributed by atoms with Crippen LogP contribution in [-0.4, -0.2) is 63.3 Å². The molecule has 0 aliphatic rings. The molecule has 0 aromatic rings. The Morgan fingerprint density at radius 2 is 1.23 bits per heavy atom. The van der Waals surface area contributed by atoms with Crippen LogP contribution in [0, 0.1) is 33.5 Å². The van der Waals surface area contributed by atoms with Crippen LogP contribution in [0.1, 0.15) is 150 Å². The van der Waals surface area contributed by atoms with E-state index in [9.17, 15) is 37.5 Å². The van der Waals surface area contributed by atoms with E-state index >= 15 is 0 Å². The van der Waals surface area contributed by atoms with Crippen molar-refractivity contribution in [2.45, 2.75) is 179 Å². The standard InChI is InChI=1S/C37H66F3NO7/c1-18-34(15,30(45)47-26(19-23(2)3)21-36(17,46)37(38,39)40)22-35(16,29(44)41(24(4)5)28(43)31(7,8)9)20-25(6)27(42)48-33(13,14)32(10,11)12/h23-26,46H,18-22H2,1-17H3. The highest BCUT2D eigenvalue weighted by atomic mass is 19.4. The first-order valence-corrected chi connectivity index (χ1v) is 17.2. The molecule has 0 aromatic heterocycles. The Morgan fingerprint density at radius 1 is 0.750 bits per heavy atom. The Balaban J connectivity index is 6.99. The molecule has 48 heavy (non-hydrogen) atoms. The SMILES string of the molecule is CCC(C)(CC(C)(CC(C)C(=O)OC(C)(C)C(C)(C)C)C(=O)N(C(=O)C(C)(C)C)C(C)C)C(=O)OC(CC(C)C)CC(C)(O)C(F)(F)F. The van der Waals surface area contributed by atoms with Gasteiger partial charge in [-0.05, 0) is 73.1 Å². The van der Waals surface area contributed by atoms with Gasteiger partial charge in [0.05, 0.1) is 11.3 Å². The van der Waals surface area contributed by atoms with Crippen molar-refractivity contribution in [3.63, 3.8) is 0 Å². The molecule has 0 fully saturated rings. The lowest BCUT2D eigenvalue weighted by Gasteiger charge is -2.43. The Kier molecular flexibility index (Phi) is 15.1. The van der Waals surface area contributed by atoms with Crippen LogP contribution in [0.3, 0.4) is 0 Å². The van der Waals surface area contributed by atoms with Crippen LogP contribution >= 0.6 is 0 Å². The van der Waals surface area contributed by atoms with E-state index in [0.29, 0.717) is 6.92 Å². The minimum Gasteiger partial charge on any atom is -0.462 e.